The number of hydrogen-bond donors (Lipinski definition) is 3. The quantitative estimate of drug-likeness (QED) is 0.766. The monoisotopic (exact) mass is 315 g/mol. The summed E-state index contributed by atoms with van der Waals surface area (Å²) in [6.07, 6.45) is 0.283. The summed E-state index contributed by atoms with van der Waals surface area (Å²) in [6, 6.07) is 12.8. The van der Waals surface area contributed by atoms with Gasteiger partial charge in [0.15, 0.2) is 0 Å². The van der Waals surface area contributed by atoms with Crippen LogP contribution in [0.2, 0.25) is 0 Å². The first-order chi connectivity index (χ1) is 11.0. The minimum Gasteiger partial charge on any atom is -0.385 e. The van der Waals surface area contributed by atoms with Crippen LogP contribution in [0.1, 0.15) is 13.3 Å². The first-order valence-electron chi connectivity index (χ1n) is 7.20. The number of carbonyl (C=O) groups excluding carboxylic acids is 2. The Balaban J connectivity index is 1.76. The summed E-state index contributed by atoms with van der Waals surface area (Å²) in [7, 11) is 0. The van der Waals surface area contributed by atoms with Gasteiger partial charge in [-0.1, -0.05) is 0 Å². The molecule has 0 heterocycles. The van der Waals surface area contributed by atoms with Crippen molar-refractivity contribution in [2.45, 2.75) is 13.3 Å². The van der Waals surface area contributed by atoms with Gasteiger partial charge in [0.2, 0.25) is 11.8 Å². The van der Waals surface area contributed by atoms with E-state index in [1.54, 1.807) is 36.4 Å². The van der Waals surface area contributed by atoms with E-state index in [0.717, 1.165) is 5.69 Å². The Bertz CT molecular complexity index is 669. The van der Waals surface area contributed by atoms with E-state index in [9.17, 15) is 14.0 Å². The van der Waals surface area contributed by atoms with Gasteiger partial charge in [-0.25, -0.2) is 4.39 Å². The third kappa shape index (κ3) is 5.78. The lowest BCUT2D eigenvalue weighted by molar-refractivity contribution is -0.116. The predicted octanol–water partition coefficient (Wildman–Crippen LogP) is 3.22. The maximum atomic E-state index is 12.8. The molecule has 6 heteroatoms. The average Bonchev–Trinajstić information content (AvgIpc) is 2.51. The van der Waals surface area contributed by atoms with E-state index < -0.39 is 0 Å². The highest BCUT2D eigenvalue weighted by molar-refractivity contribution is 5.92. The van der Waals surface area contributed by atoms with E-state index >= 15 is 0 Å². The molecule has 0 saturated heterocycles. The molecule has 0 aliphatic carbocycles. The van der Waals surface area contributed by atoms with E-state index in [0.29, 0.717) is 17.9 Å². The molecule has 0 spiro atoms. The topological polar surface area (TPSA) is 70.2 Å². The zero-order chi connectivity index (χ0) is 16.7. The molecule has 0 aromatic heterocycles. The number of carbonyl (C=O) groups is 2. The number of amides is 2. The summed E-state index contributed by atoms with van der Waals surface area (Å²) in [4.78, 5) is 22.8. The van der Waals surface area contributed by atoms with Gasteiger partial charge in [-0.3, -0.25) is 9.59 Å². The zero-order valence-corrected chi connectivity index (χ0v) is 12.7. The van der Waals surface area contributed by atoms with Gasteiger partial charge >= 0.3 is 0 Å². The highest BCUT2D eigenvalue weighted by atomic mass is 19.1. The average molecular weight is 315 g/mol. The molecule has 0 saturated carbocycles. The second-order valence-corrected chi connectivity index (χ2v) is 4.99. The molecule has 23 heavy (non-hydrogen) atoms. The maximum absolute atomic E-state index is 12.8. The van der Waals surface area contributed by atoms with Crippen LogP contribution in [-0.4, -0.2) is 18.4 Å². The van der Waals surface area contributed by atoms with Crippen molar-refractivity contribution in [1.29, 1.82) is 0 Å². The Morgan fingerprint density at radius 1 is 0.870 bits per heavy atom. The molecule has 2 aromatic carbocycles. The van der Waals surface area contributed by atoms with Gasteiger partial charge in [-0.05, 0) is 48.5 Å². The largest absolute Gasteiger partial charge is 0.385 e. The fraction of sp³-hybridized carbons (Fsp3) is 0.176. The van der Waals surface area contributed by atoms with Crippen LogP contribution in [0.15, 0.2) is 48.5 Å². The molecule has 2 amide bonds. The lowest BCUT2D eigenvalue weighted by atomic mass is 10.2. The molecule has 5 nitrogen and oxygen atoms in total. The van der Waals surface area contributed by atoms with E-state index in [1.807, 2.05) is 0 Å². The van der Waals surface area contributed by atoms with Crippen molar-refractivity contribution in [1.82, 2.24) is 0 Å². The van der Waals surface area contributed by atoms with E-state index in [2.05, 4.69) is 16.0 Å². The highest BCUT2D eigenvalue weighted by Gasteiger charge is 2.03. The molecule has 2 rings (SSSR count). The minimum absolute atomic E-state index is 0.133. The first-order valence-corrected chi connectivity index (χ1v) is 7.20. The van der Waals surface area contributed by atoms with E-state index in [1.165, 1.54) is 19.1 Å². The summed E-state index contributed by atoms with van der Waals surface area (Å²) >= 11 is 0. The van der Waals surface area contributed by atoms with Gasteiger partial charge < -0.3 is 16.0 Å². The van der Waals surface area contributed by atoms with Crippen LogP contribution in [0.5, 0.6) is 0 Å². The molecule has 0 bridgehead atoms. The molecule has 0 atom stereocenters. The molecular formula is C17H18FN3O2. The third-order valence-corrected chi connectivity index (χ3v) is 3.01. The van der Waals surface area contributed by atoms with Crippen molar-refractivity contribution in [3.05, 3.63) is 54.3 Å². The van der Waals surface area contributed by atoms with Gasteiger partial charge in [0.1, 0.15) is 5.82 Å². The maximum Gasteiger partial charge on any atom is 0.226 e. The Hall–Kier alpha value is -2.89. The van der Waals surface area contributed by atoms with Crippen LogP contribution < -0.4 is 16.0 Å². The van der Waals surface area contributed by atoms with Crippen molar-refractivity contribution in [3.8, 4) is 0 Å². The SMILES string of the molecule is CC(=O)Nc1ccc(NC(=O)CCNc2ccc(F)cc2)cc1. The minimum atomic E-state index is -0.295. The highest BCUT2D eigenvalue weighted by Crippen LogP contribution is 2.14. The summed E-state index contributed by atoms with van der Waals surface area (Å²) in [5.41, 5.74) is 2.10. The fourth-order valence-corrected chi connectivity index (χ4v) is 1.95. The normalized spacial score (nSPS) is 10.0. The molecule has 3 N–H and O–H groups in total. The number of halogens is 1. The summed E-state index contributed by atoms with van der Waals surface area (Å²) in [5, 5.41) is 8.46. The molecule has 0 fully saturated rings. The fourth-order valence-electron chi connectivity index (χ4n) is 1.95. The van der Waals surface area contributed by atoms with Gasteiger partial charge in [-0.2, -0.15) is 0 Å². The Morgan fingerprint density at radius 3 is 1.96 bits per heavy atom. The van der Waals surface area contributed by atoms with Crippen molar-refractivity contribution in [3.63, 3.8) is 0 Å². The standard InChI is InChI=1S/C17H18FN3O2/c1-12(22)20-15-6-8-16(9-7-15)21-17(23)10-11-19-14-4-2-13(18)3-5-14/h2-9,19H,10-11H2,1H3,(H,20,22)(H,21,23). The van der Waals surface area contributed by atoms with Crippen LogP contribution in [-0.2, 0) is 9.59 Å². The Morgan fingerprint density at radius 2 is 1.39 bits per heavy atom. The number of rotatable bonds is 6. The summed E-state index contributed by atoms with van der Waals surface area (Å²) in [6.45, 7) is 1.88. The lowest BCUT2D eigenvalue weighted by Gasteiger charge is -2.08. The molecule has 0 unspecified atom stereocenters. The number of benzene rings is 2. The van der Waals surface area contributed by atoms with Crippen LogP contribution in [0, 0.1) is 5.82 Å². The summed E-state index contributed by atoms with van der Waals surface area (Å²) in [5.74, 6) is -0.573. The second kappa shape index (κ2) is 7.93. The van der Waals surface area contributed by atoms with E-state index in [-0.39, 0.29) is 24.1 Å². The Labute approximate surface area is 133 Å². The summed E-state index contributed by atoms with van der Waals surface area (Å²) < 4.78 is 12.8. The predicted molar refractivity (Wildman–Crippen MR) is 88.9 cm³/mol. The molecule has 0 aliphatic rings. The van der Waals surface area contributed by atoms with E-state index in [4.69, 9.17) is 0 Å². The molecule has 0 aliphatic heterocycles. The van der Waals surface area contributed by atoms with Gasteiger partial charge in [0, 0.05) is 37.0 Å². The Kier molecular flexibility index (Phi) is 5.68. The van der Waals surface area contributed by atoms with Crippen LogP contribution >= 0.6 is 0 Å². The van der Waals surface area contributed by atoms with Crippen LogP contribution in [0.25, 0.3) is 0 Å². The molecule has 2 aromatic rings. The van der Waals surface area contributed by atoms with Gasteiger partial charge in [0.05, 0.1) is 0 Å². The zero-order valence-electron chi connectivity index (χ0n) is 12.7. The molecule has 120 valence electrons. The lowest BCUT2D eigenvalue weighted by Crippen LogP contribution is -2.16. The van der Waals surface area contributed by atoms with Crippen molar-refractivity contribution in [2.75, 3.05) is 22.5 Å². The van der Waals surface area contributed by atoms with Crippen molar-refractivity contribution in [2.24, 2.45) is 0 Å². The third-order valence-electron chi connectivity index (χ3n) is 3.01. The number of anilines is 3. The molecule has 0 radical (unpaired) electrons. The van der Waals surface area contributed by atoms with Gasteiger partial charge in [-0.15, -0.1) is 0 Å². The van der Waals surface area contributed by atoms with Crippen molar-refractivity contribution < 1.29 is 14.0 Å². The smallest absolute Gasteiger partial charge is 0.226 e. The van der Waals surface area contributed by atoms with Crippen LogP contribution in [0.4, 0.5) is 21.5 Å². The molecular weight excluding hydrogens is 297 g/mol. The second-order valence-electron chi connectivity index (χ2n) is 4.99. The van der Waals surface area contributed by atoms with Gasteiger partial charge in [0.25, 0.3) is 0 Å². The number of nitrogens with one attached hydrogen (secondary N) is 3. The first kappa shape index (κ1) is 16.5. The number of hydrogen-bond acceptors (Lipinski definition) is 3. The van der Waals surface area contributed by atoms with Crippen LogP contribution in [0.3, 0.4) is 0 Å². The van der Waals surface area contributed by atoms with Crippen molar-refractivity contribution >= 4 is 28.9 Å².